The van der Waals surface area contributed by atoms with Gasteiger partial charge in [0.05, 0.1) is 0 Å². The van der Waals surface area contributed by atoms with Gasteiger partial charge in [-0.1, -0.05) is 237 Å². The number of unbranched alkanes of at least 4 members (excludes halogenated alkanes) is 31. The first-order valence-corrected chi connectivity index (χ1v) is 26.5. The molecule has 0 aromatic carbocycles. The maximum Gasteiger partial charge on any atom is 0.306 e. The van der Waals surface area contributed by atoms with Gasteiger partial charge in [0, 0.05) is 19.3 Å². The molecule has 0 radical (unpaired) electrons. The molecule has 0 saturated carbocycles. The van der Waals surface area contributed by atoms with Crippen molar-refractivity contribution in [1.82, 2.24) is 0 Å². The summed E-state index contributed by atoms with van der Waals surface area (Å²) < 4.78 is 16.8. The van der Waals surface area contributed by atoms with Gasteiger partial charge in [-0.25, -0.2) is 0 Å². The number of hydrogen-bond acceptors (Lipinski definition) is 6. The Labute approximate surface area is 378 Å². The van der Waals surface area contributed by atoms with E-state index in [4.69, 9.17) is 14.2 Å². The van der Waals surface area contributed by atoms with Crippen LogP contribution >= 0.6 is 0 Å². The molecule has 6 nitrogen and oxygen atoms in total. The Hall–Kier alpha value is -2.37. The minimum atomic E-state index is -0.771. The Morgan fingerprint density at radius 2 is 0.590 bits per heavy atom. The summed E-state index contributed by atoms with van der Waals surface area (Å²) in [6.07, 6.45) is 58.4. The zero-order valence-electron chi connectivity index (χ0n) is 40.7. The van der Waals surface area contributed by atoms with Crippen LogP contribution in [-0.2, 0) is 28.6 Å². The molecule has 0 heterocycles. The van der Waals surface area contributed by atoms with Crippen LogP contribution in [0.3, 0.4) is 0 Å². The summed E-state index contributed by atoms with van der Waals surface area (Å²) in [7, 11) is 0. The summed E-state index contributed by atoms with van der Waals surface area (Å²) in [5.74, 6) is -0.875. The predicted octanol–water partition coefficient (Wildman–Crippen LogP) is 17.3. The van der Waals surface area contributed by atoms with Crippen molar-refractivity contribution >= 4 is 17.9 Å². The van der Waals surface area contributed by atoms with E-state index in [2.05, 4.69) is 57.2 Å². The van der Waals surface area contributed by atoms with Gasteiger partial charge in [-0.15, -0.1) is 0 Å². The van der Waals surface area contributed by atoms with E-state index in [1.54, 1.807) is 0 Å². The zero-order valence-corrected chi connectivity index (χ0v) is 40.7. The van der Waals surface area contributed by atoms with Crippen LogP contribution in [-0.4, -0.2) is 37.2 Å². The van der Waals surface area contributed by atoms with Crippen molar-refractivity contribution in [2.75, 3.05) is 13.2 Å². The standard InChI is InChI=1S/C55H100O6/c1-4-7-10-13-16-19-22-24-26-27-28-29-30-32-33-36-39-42-45-48-54(57)60-51-52(50-59-53(56)47-44-41-38-35-21-18-15-12-9-6-3)61-55(58)49-46-43-40-37-34-31-25-23-20-17-14-11-8-5-2/h16,19,24,26,28-29,52H,4-15,17-18,20-23,25,27,30-51H2,1-3H3/b19-16-,26-24-,29-28-/t52-/m1/s1. The lowest BCUT2D eigenvalue weighted by molar-refractivity contribution is -0.167. The van der Waals surface area contributed by atoms with E-state index in [0.717, 1.165) is 77.0 Å². The molecule has 0 amide bonds. The highest BCUT2D eigenvalue weighted by atomic mass is 16.6. The molecule has 0 spiro atoms. The first-order chi connectivity index (χ1) is 30.0. The number of carbonyl (C=O) groups excluding carboxylic acids is 3. The Bertz CT molecular complexity index is 1030. The third-order valence-electron chi connectivity index (χ3n) is 11.6. The first-order valence-electron chi connectivity index (χ1n) is 26.5. The zero-order chi connectivity index (χ0) is 44.4. The Balaban J connectivity index is 4.32. The van der Waals surface area contributed by atoms with Gasteiger partial charge in [-0.3, -0.25) is 14.4 Å². The first kappa shape index (κ1) is 58.6. The van der Waals surface area contributed by atoms with Gasteiger partial charge in [0.2, 0.25) is 0 Å². The number of rotatable bonds is 48. The van der Waals surface area contributed by atoms with Crippen molar-refractivity contribution in [3.05, 3.63) is 36.5 Å². The monoisotopic (exact) mass is 857 g/mol. The molecule has 0 aromatic rings. The maximum absolute atomic E-state index is 12.8. The third kappa shape index (κ3) is 48.5. The fourth-order valence-electron chi connectivity index (χ4n) is 7.63. The second-order valence-corrected chi connectivity index (χ2v) is 17.8. The molecule has 0 unspecified atom stereocenters. The van der Waals surface area contributed by atoms with E-state index < -0.39 is 6.10 Å². The third-order valence-corrected chi connectivity index (χ3v) is 11.6. The molecule has 0 aromatic heterocycles. The van der Waals surface area contributed by atoms with Crippen molar-refractivity contribution in [2.24, 2.45) is 0 Å². The van der Waals surface area contributed by atoms with E-state index in [1.165, 1.54) is 161 Å². The van der Waals surface area contributed by atoms with Crippen LogP contribution in [0.25, 0.3) is 0 Å². The summed E-state index contributed by atoms with van der Waals surface area (Å²) in [5.41, 5.74) is 0. The lowest BCUT2D eigenvalue weighted by atomic mass is 10.0. The molecule has 6 heteroatoms. The number of allylic oxidation sites excluding steroid dienone is 6. The quantitative estimate of drug-likeness (QED) is 0.0262. The summed E-state index contributed by atoms with van der Waals surface area (Å²) in [6.45, 7) is 6.61. The normalized spacial score (nSPS) is 12.2. The van der Waals surface area contributed by atoms with E-state index in [-0.39, 0.29) is 31.1 Å². The summed E-state index contributed by atoms with van der Waals surface area (Å²) in [6, 6.07) is 0. The number of esters is 3. The van der Waals surface area contributed by atoms with Gasteiger partial charge in [0.15, 0.2) is 6.10 Å². The Kier molecular flexibility index (Phi) is 48.3. The lowest BCUT2D eigenvalue weighted by Crippen LogP contribution is -2.30. The molecule has 356 valence electrons. The van der Waals surface area contributed by atoms with Gasteiger partial charge in [0.1, 0.15) is 13.2 Å². The average molecular weight is 857 g/mol. The SMILES string of the molecule is CCCCC/C=C\C/C=C\C/C=C\CCCCCCCCC(=O)OC[C@@H](COC(=O)CCCCCCCCCCCC)OC(=O)CCCCCCCCCCCCCCCC. The highest BCUT2D eigenvalue weighted by Gasteiger charge is 2.19. The van der Waals surface area contributed by atoms with Crippen molar-refractivity contribution in [2.45, 2.75) is 284 Å². The van der Waals surface area contributed by atoms with Crippen molar-refractivity contribution in [1.29, 1.82) is 0 Å². The van der Waals surface area contributed by atoms with Crippen molar-refractivity contribution in [3.8, 4) is 0 Å². The lowest BCUT2D eigenvalue weighted by Gasteiger charge is -2.18. The minimum absolute atomic E-state index is 0.0723. The Morgan fingerprint density at radius 1 is 0.328 bits per heavy atom. The molecule has 0 aliphatic heterocycles. The van der Waals surface area contributed by atoms with Crippen LogP contribution in [0.15, 0.2) is 36.5 Å². The summed E-state index contributed by atoms with van der Waals surface area (Å²) >= 11 is 0. The molecule has 0 bridgehead atoms. The largest absolute Gasteiger partial charge is 0.462 e. The molecule has 1 atom stereocenters. The van der Waals surface area contributed by atoms with Gasteiger partial charge in [-0.05, 0) is 57.8 Å². The molecular weight excluding hydrogens is 757 g/mol. The van der Waals surface area contributed by atoms with Gasteiger partial charge in [-0.2, -0.15) is 0 Å². The highest BCUT2D eigenvalue weighted by Crippen LogP contribution is 2.16. The predicted molar refractivity (Wildman–Crippen MR) is 261 cm³/mol. The maximum atomic E-state index is 12.8. The molecule has 0 fully saturated rings. The second-order valence-electron chi connectivity index (χ2n) is 17.8. The molecule has 0 saturated heterocycles. The van der Waals surface area contributed by atoms with Gasteiger partial charge < -0.3 is 14.2 Å². The van der Waals surface area contributed by atoms with E-state index in [0.29, 0.717) is 19.3 Å². The molecule has 0 aliphatic rings. The fraction of sp³-hybridized carbons (Fsp3) is 0.836. The number of hydrogen-bond donors (Lipinski definition) is 0. The highest BCUT2D eigenvalue weighted by molar-refractivity contribution is 5.71. The van der Waals surface area contributed by atoms with Gasteiger partial charge in [0.25, 0.3) is 0 Å². The number of ether oxygens (including phenoxy) is 3. The second kappa shape index (κ2) is 50.3. The van der Waals surface area contributed by atoms with Crippen molar-refractivity contribution < 1.29 is 28.6 Å². The van der Waals surface area contributed by atoms with Crippen LogP contribution in [0.1, 0.15) is 278 Å². The minimum Gasteiger partial charge on any atom is -0.462 e. The van der Waals surface area contributed by atoms with Crippen LogP contribution in [0.5, 0.6) is 0 Å². The molecule has 0 rings (SSSR count). The van der Waals surface area contributed by atoms with E-state index in [1.807, 2.05) is 0 Å². The molecule has 0 N–H and O–H groups in total. The van der Waals surface area contributed by atoms with Crippen LogP contribution in [0, 0.1) is 0 Å². The van der Waals surface area contributed by atoms with Crippen LogP contribution in [0.4, 0.5) is 0 Å². The molecular formula is C55H100O6. The fourth-order valence-corrected chi connectivity index (χ4v) is 7.63. The van der Waals surface area contributed by atoms with Gasteiger partial charge >= 0.3 is 17.9 Å². The topological polar surface area (TPSA) is 78.9 Å². The molecule has 61 heavy (non-hydrogen) atoms. The van der Waals surface area contributed by atoms with Crippen molar-refractivity contribution in [3.63, 3.8) is 0 Å². The van der Waals surface area contributed by atoms with Crippen LogP contribution in [0.2, 0.25) is 0 Å². The summed E-state index contributed by atoms with van der Waals surface area (Å²) in [4.78, 5) is 37.9. The Morgan fingerprint density at radius 3 is 0.951 bits per heavy atom. The van der Waals surface area contributed by atoms with E-state index >= 15 is 0 Å². The van der Waals surface area contributed by atoms with E-state index in [9.17, 15) is 14.4 Å². The van der Waals surface area contributed by atoms with Crippen LogP contribution < -0.4 is 0 Å². The smallest absolute Gasteiger partial charge is 0.306 e. The molecule has 0 aliphatic carbocycles. The number of carbonyl (C=O) groups is 3. The average Bonchev–Trinajstić information content (AvgIpc) is 3.26. The summed E-state index contributed by atoms with van der Waals surface area (Å²) in [5, 5.41) is 0.